The molecule has 0 aromatic rings. The zero-order valence-electron chi connectivity index (χ0n) is 8.71. The van der Waals surface area contributed by atoms with Crippen molar-refractivity contribution >= 4 is 0 Å². The van der Waals surface area contributed by atoms with Crippen LogP contribution in [-0.4, -0.2) is 17.5 Å². The Morgan fingerprint density at radius 3 is 2.46 bits per heavy atom. The average molecular weight is 177 g/mol. The number of hydrogen-bond donors (Lipinski definition) is 0. The van der Waals surface area contributed by atoms with E-state index in [1.165, 1.54) is 17.7 Å². The van der Waals surface area contributed by atoms with E-state index in [-0.39, 0.29) is 0 Å². The molecule has 1 heterocycles. The Balaban J connectivity index is 2.98. The maximum absolute atomic E-state index is 3.87. The molecule has 1 aliphatic rings. The summed E-state index contributed by atoms with van der Waals surface area (Å²) in [5.41, 5.74) is 2.62. The molecule has 0 bridgehead atoms. The summed E-state index contributed by atoms with van der Waals surface area (Å²) in [6.45, 7) is 13.3. The lowest BCUT2D eigenvalue weighted by atomic mass is 10.0. The van der Waals surface area contributed by atoms with Gasteiger partial charge in [-0.3, -0.25) is 0 Å². The number of allylic oxidation sites excluding steroid dienone is 3. The lowest BCUT2D eigenvalue weighted by Gasteiger charge is -2.35. The van der Waals surface area contributed by atoms with Crippen LogP contribution in [0.25, 0.3) is 0 Å². The van der Waals surface area contributed by atoms with Crippen LogP contribution in [0.2, 0.25) is 0 Å². The molecular weight excluding hydrogens is 158 g/mol. The highest BCUT2D eigenvalue weighted by Gasteiger charge is 2.17. The molecule has 0 atom stereocenters. The fraction of sp³-hybridized carbons (Fsp3) is 0.500. The summed E-state index contributed by atoms with van der Waals surface area (Å²) in [4.78, 5) is 2.40. The minimum Gasteiger partial charge on any atom is -0.369 e. The minimum atomic E-state index is 0.559. The second kappa shape index (κ2) is 4.31. The fourth-order valence-corrected chi connectivity index (χ4v) is 1.86. The second-order valence-corrected chi connectivity index (χ2v) is 3.71. The van der Waals surface area contributed by atoms with E-state index in [4.69, 9.17) is 0 Å². The van der Waals surface area contributed by atoms with Gasteiger partial charge in [-0.15, -0.1) is 0 Å². The van der Waals surface area contributed by atoms with Crippen LogP contribution in [0.1, 0.15) is 26.7 Å². The number of nitrogens with zero attached hydrogens (tertiary/aromatic N) is 1. The summed E-state index contributed by atoms with van der Waals surface area (Å²) in [5.74, 6) is 0. The van der Waals surface area contributed by atoms with Crippen molar-refractivity contribution in [3.8, 4) is 0 Å². The van der Waals surface area contributed by atoms with Crippen LogP contribution in [0.4, 0.5) is 0 Å². The van der Waals surface area contributed by atoms with Crippen LogP contribution in [0.5, 0.6) is 0 Å². The van der Waals surface area contributed by atoms with E-state index in [9.17, 15) is 0 Å². The predicted molar refractivity (Wildman–Crippen MR) is 58.5 cm³/mol. The molecule has 1 rings (SSSR count). The largest absolute Gasteiger partial charge is 0.369 e. The van der Waals surface area contributed by atoms with Gasteiger partial charge < -0.3 is 4.90 Å². The number of rotatable bonds is 3. The van der Waals surface area contributed by atoms with Crippen molar-refractivity contribution in [3.63, 3.8) is 0 Å². The second-order valence-electron chi connectivity index (χ2n) is 3.71. The molecule has 0 fully saturated rings. The Hall–Kier alpha value is -0.980. The molecular formula is C12H19N. The van der Waals surface area contributed by atoms with Gasteiger partial charge in [-0.1, -0.05) is 19.2 Å². The van der Waals surface area contributed by atoms with Crippen molar-refractivity contribution in [2.45, 2.75) is 32.7 Å². The monoisotopic (exact) mass is 177 g/mol. The van der Waals surface area contributed by atoms with Gasteiger partial charge in [0.15, 0.2) is 0 Å². The topological polar surface area (TPSA) is 3.24 Å². The first-order chi connectivity index (χ1) is 6.20. The molecule has 0 amide bonds. The maximum Gasteiger partial charge on any atom is 0.0394 e. The van der Waals surface area contributed by atoms with E-state index in [2.05, 4.69) is 31.9 Å². The van der Waals surface area contributed by atoms with E-state index in [1.807, 2.05) is 12.2 Å². The molecule has 0 aliphatic carbocycles. The molecule has 0 aromatic carbocycles. The van der Waals surface area contributed by atoms with Crippen molar-refractivity contribution < 1.29 is 0 Å². The predicted octanol–water partition coefficient (Wildman–Crippen LogP) is 3.12. The van der Waals surface area contributed by atoms with Gasteiger partial charge in [0, 0.05) is 18.3 Å². The van der Waals surface area contributed by atoms with Gasteiger partial charge in [-0.05, 0) is 38.3 Å². The molecule has 0 N–H and O–H groups in total. The normalized spacial score (nSPS) is 17.9. The summed E-state index contributed by atoms with van der Waals surface area (Å²) in [5, 5.41) is 0. The maximum atomic E-state index is 3.87. The fourth-order valence-electron chi connectivity index (χ4n) is 1.86. The molecule has 1 heteroatoms. The lowest BCUT2D eigenvalue weighted by Crippen LogP contribution is -2.33. The average Bonchev–Trinajstić information content (AvgIpc) is 2.16. The van der Waals surface area contributed by atoms with Crippen LogP contribution >= 0.6 is 0 Å². The van der Waals surface area contributed by atoms with Gasteiger partial charge in [0.25, 0.3) is 0 Å². The Bertz CT molecular complexity index is 236. The van der Waals surface area contributed by atoms with Crippen LogP contribution in [0, 0.1) is 0 Å². The van der Waals surface area contributed by atoms with Crippen molar-refractivity contribution in [1.29, 1.82) is 0 Å². The highest BCUT2D eigenvalue weighted by atomic mass is 15.2. The van der Waals surface area contributed by atoms with Gasteiger partial charge in [0.05, 0.1) is 0 Å². The van der Waals surface area contributed by atoms with E-state index >= 15 is 0 Å². The lowest BCUT2D eigenvalue weighted by molar-refractivity contribution is 0.273. The first kappa shape index (κ1) is 10.1. The van der Waals surface area contributed by atoms with Crippen molar-refractivity contribution in [1.82, 2.24) is 4.90 Å². The molecule has 1 nitrogen and oxygen atoms in total. The van der Waals surface area contributed by atoms with E-state index in [0.29, 0.717) is 6.04 Å². The van der Waals surface area contributed by atoms with Crippen LogP contribution in [-0.2, 0) is 0 Å². The first-order valence-electron chi connectivity index (χ1n) is 4.95. The van der Waals surface area contributed by atoms with E-state index in [0.717, 1.165) is 13.0 Å². The van der Waals surface area contributed by atoms with Crippen LogP contribution in [0.15, 0.2) is 36.6 Å². The van der Waals surface area contributed by atoms with Crippen LogP contribution < -0.4 is 0 Å². The standard InChI is InChI=1S/C12H19N/c1-5-11-8-7-9-13(10(3)4)12(11)6-2/h5-6,10H,1-2,7-9H2,3-4H3. The Kier molecular flexibility index (Phi) is 3.35. The molecule has 0 saturated heterocycles. The molecule has 72 valence electrons. The summed E-state index contributed by atoms with van der Waals surface area (Å²) in [7, 11) is 0. The zero-order chi connectivity index (χ0) is 9.84. The first-order valence-corrected chi connectivity index (χ1v) is 4.95. The van der Waals surface area contributed by atoms with Gasteiger partial charge in [-0.25, -0.2) is 0 Å². The summed E-state index contributed by atoms with van der Waals surface area (Å²) < 4.78 is 0. The summed E-state index contributed by atoms with van der Waals surface area (Å²) in [6, 6.07) is 0.559. The SMILES string of the molecule is C=CC1=C(C=C)N(C(C)C)CCC1. The number of hydrogen-bond acceptors (Lipinski definition) is 1. The summed E-state index contributed by atoms with van der Waals surface area (Å²) in [6.07, 6.45) is 6.30. The molecule has 13 heavy (non-hydrogen) atoms. The summed E-state index contributed by atoms with van der Waals surface area (Å²) >= 11 is 0. The third-order valence-electron chi connectivity index (χ3n) is 2.55. The molecule has 0 saturated carbocycles. The molecule has 0 spiro atoms. The van der Waals surface area contributed by atoms with Crippen molar-refractivity contribution in [2.24, 2.45) is 0 Å². The van der Waals surface area contributed by atoms with Gasteiger partial charge in [0.1, 0.15) is 0 Å². The Morgan fingerprint density at radius 2 is 2.00 bits per heavy atom. The van der Waals surface area contributed by atoms with E-state index in [1.54, 1.807) is 0 Å². The quantitative estimate of drug-likeness (QED) is 0.640. The van der Waals surface area contributed by atoms with Crippen molar-refractivity contribution in [2.75, 3.05) is 6.54 Å². The van der Waals surface area contributed by atoms with Gasteiger partial charge in [0.2, 0.25) is 0 Å². The van der Waals surface area contributed by atoms with Crippen LogP contribution in [0.3, 0.4) is 0 Å². The molecule has 0 unspecified atom stereocenters. The Labute approximate surface area is 81.4 Å². The molecule has 0 aromatic heterocycles. The highest BCUT2D eigenvalue weighted by molar-refractivity contribution is 5.32. The third kappa shape index (κ3) is 2.03. The van der Waals surface area contributed by atoms with E-state index < -0.39 is 0 Å². The van der Waals surface area contributed by atoms with Crippen molar-refractivity contribution in [3.05, 3.63) is 36.6 Å². The Morgan fingerprint density at radius 1 is 1.31 bits per heavy atom. The van der Waals surface area contributed by atoms with Gasteiger partial charge >= 0.3 is 0 Å². The molecule has 1 aliphatic heterocycles. The zero-order valence-corrected chi connectivity index (χ0v) is 8.71. The molecule has 0 radical (unpaired) electrons. The minimum absolute atomic E-state index is 0.559. The van der Waals surface area contributed by atoms with Gasteiger partial charge in [-0.2, -0.15) is 0 Å². The highest BCUT2D eigenvalue weighted by Crippen LogP contribution is 2.25. The smallest absolute Gasteiger partial charge is 0.0394 e. The third-order valence-corrected chi connectivity index (χ3v) is 2.55.